The first-order valence-electron chi connectivity index (χ1n) is 10.9. The summed E-state index contributed by atoms with van der Waals surface area (Å²) in [6.45, 7) is 9.98. The number of amides is 1. The number of piperidine rings is 1. The Morgan fingerprint density at radius 1 is 1.26 bits per heavy atom. The molecule has 1 aromatic carbocycles. The minimum absolute atomic E-state index is 0.0162. The van der Waals surface area contributed by atoms with Crippen molar-refractivity contribution in [2.24, 2.45) is 4.99 Å². The number of hydrogen-bond acceptors (Lipinski definition) is 6. The van der Waals surface area contributed by atoms with Crippen LogP contribution in [-0.2, 0) is 4.79 Å². The number of likely N-dealkylation sites (N-methyl/N-ethyl adjacent to an activating group) is 1. The van der Waals surface area contributed by atoms with E-state index >= 15 is 0 Å². The number of carbonyl (C=O) groups excluding carboxylic acids is 1. The fourth-order valence-electron chi connectivity index (χ4n) is 2.82. The number of aliphatic imine (C=N–C) groups is 1. The molecular weight excluding hydrogens is 394 g/mol. The normalized spacial score (nSPS) is 13.8. The van der Waals surface area contributed by atoms with Crippen LogP contribution < -0.4 is 14.8 Å². The molecule has 1 N–H and O–H groups in total. The summed E-state index contributed by atoms with van der Waals surface area (Å²) in [4.78, 5) is 19.7. The van der Waals surface area contributed by atoms with Crippen molar-refractivity contribution in [3.63, 3.8) is 0 Å². The molecule has 8 nitrogen and oxygen atoms in total. The summed E-state index contributed by atoms with van der Waals surface area (Å²) < 4.78 is 11.6. The third-order valence-electron chi connectivity index (χ3n) is 4.30. The van der Waals surface area contributed by atoms with Gasteiger partial charge in [0.2, 0.25) is 5.91 Å². The van der Waals surface area contributed by atoms with E-state index in [0.717, 1.165) is 25.9 Å². The van der Waals surface area contributed by atoms with Gasteiger partial charge in [0.25, 0.3) is 0 Å². The molecule has 174 valence electrons. The van der Waals surface area contributed by atoms with Crippen LogP contribution in [0.15, 0.2) is 17.1 Å². The molecular formula is C23H39N5O3. The van der Waals surface area contributed by atoms with E-state index in [9.17, 15) is 10.1 Å². The standard InChI is InChI=1S/C19H27N5O3.2C2H6/c1-21-19(25)12-24-7-5-15(6-8-24)27-18-9-14(11-20)16(10-17(18)26-4)22-13-23(2)3;2*1-2/h9-10,13,15H,5-8,12H2,1-4H3,(H,21,25);2*1-2H3. The largest absolute Gasteiger partial charge is 0.493 e. The van der Waals surface area contributed by atoms with Gasteiger partial charge in [0.1, 0.15) is 12.2 Å². The quantitative estimate of drug-likeness (QED) is 0.523. The van der Waals surface area contributed by atoms with Crippen molar-refractivity contribution in [2.45, 2.75) is 46.6 Å². The summed E-state index contributed by atoms with van der Waals surface area (Å²) in [5.41, 5.74) is 0.969. The first-order valence-corrected chi connectivity index (χ1v) is 10.9. The number of nitrogens with zero attached hydrogens (tertiary/aromatic N) is 4. The lowest BCUT2D eigenvalue weighted by molar-refractivity contribution is -0.122. The van der Waals surface area contributed by atoms with Gasteiger partial charge in [-0.05, 0) is 12.8 Å². The molecule has 0 aromatic heterocycles. The summed E-state index contributed by atoms with van der Waals surface area (Å²) in [7, 11) is 6.94. The van der Waals surface area contributed by atoms with Gasteiger partial charge in [0.15, 0.2) is 11.5 Å². The highest BCUT2D eigenvalue weighted by molar-refractivity contribution is 5.77. The van der Waals surface area contributed by atoms with Crippen molar-refractivity contribution in [1.82, 2.24) is 15.1 Å². The van der Waals surface area contributed by atoms with Gasteiger partial charge >= 0.3 is 0 Å². The predicted molar refractivity (Wildman–Crippen MR) is 126 cm³/mol. The third kappa shape index (κ3) is 9.71. The molecule has 1 aromatic rings. The molecule has 1 fully saturated rings. The third-order valence-corrected chi connectivity index (χ3v) is 4.30. The average Bonchev–Trinajstić information content (AvgIpc) is 2.81. The van der Waals surface area contributed by atoms with Gasteiger partial charge in [-0.3, -0.25) is 9.69 Å². The molecule has 1 amide bonds. The van der Waals surface area contributed by atoms with E-state index in [1.165, 1.54) is 0 Å². The highest BCUT2D eigenvalue weighted by Gasteiger charge is 2.23. The molecule has 2 rings (SSSR count). The Morgan fingerprint density at radius 2 is 1.87 bits per heavy atom. The molecule has 1 aliphatic rings. The Bertz CT molecular complexity index is 721. The van der Waals surface area contributed by atoms with Crippen LogP contribution in [0.1, 0.15) is 46.1 Å². The molecule has 0 saturated carbocycles. The minimum Gasteiger partial charge on any atom is -0.493 e. The second-order valence-corrected chi connectivity index (χ2v) is 6.61. The van der Waals surface area contributed by atoms with Crippen molar-refractivity contribution in [2.75, 3.05) is 47.9 Å². The summed E-state index contributed by atoms with van der Waals surface area (Å²) in [6, 6.07) is 5.56. The summed E-state index contributed by atoms with van der Waals surface area (Å²) in [6.07, 6.45) is 3.27. The maximum atomic E-state index is 11.5. The number of carbonyl (C=O) groups is 1. The monoisotopic (exact) mass is 433 g/mol. The van der Waals surface area contributed by atoms with Gasteiger partial charge in [-0.15, -0.1) is 0 Å². The SMILES string of the molecule is CC.CC.CNC(=O)CN1CCC(Oc2cc(C#N)c(N=CN(C)C)cc2OC)CC1. The molecule has 31 heavy (non-hydrogen) atoms. The molecule has 8 heteroatoms. The zero-order chi connectivity index (χ0) is 23.8. The highest BCUT2D eigenvalue weighted by atomic mass is 16.5. The molecule has 0 atom stereocenters. The van der Waals surface area contributed by atoms with Gasteiger partial charge in [-0.2, -0.15) is 5.26 Å². The first-order chi connectivity index (χ1) is 15.0. The van der Waals surface area contributed by atoms with Crippen molar-refractivity contribution in [3.05, 3.63) is 17.7 Å². The minimum atomic E-state index is 0.0162. The number of benzene rings is 1. The first kappa shape index (κ1) is 28.2. The number of methoxy groups -OCH3 is 1. The van der Waals surface area contributed by atoms with E-state index in [1.807, 2.05) is 41.8 Å². The van der Waals surface area contributed by atoms with E-state index in [0.29, 0.717) is 29.3 Å². The Kier molecular flexibility index (Phi) is 14.5. The van der Waals surface area contributed by atoms with Crippen LogP contribution in [0.2, 0.25) is 0 Å². The van der Waals surface area contributed by atoms with Crippen LogP contribution in [0.25, 0.3) is 0 Å². The molecule has 0 bridgehead atoms. The molecule has 0 spiro atoms. The number of nitrogens with one attached hydrogen (secondary N) is 1. The average molecular weight is 434 g/mol. The molecule has 1 heterocycles. The number of rotatable bonds is 7. The zero-order valence-corrected chi connectivity index (χ0v) is 20.4. The number of hydrogen-bond donors (Lipinski definition) is 1. The zero-order valence-electron chi connectivity index (χ0n) is 20.4. The lowest BCUT2D eigenvalue weighted by Crippen LogP contribution is -2.43. The fourth-order valence-corrected chi connectivity index (χ4v) is 2.82. The van der Waals surface area contributed by atoms with Crippen LogP contribution in [0.4, 0.5) is 5.69 Å². The topological polar surface area (TPSA) is 90.2 Å². The van der Waals surface area contributed by atoms with Crippen molar-refractivity contribution in [3.8, 4) is 17.6 Å². The number of likely N-dealkylation sites (tertiary alicyclic amines) is 1. The number of nitriles is 1. The fraction of sp³-hybridized carbons (Fsp3) is 0.609. The van der Waals surface area contributed by atoms with E-state index in [4.69, 9.17) is 9.47 Å². The van der Waals surface area contributed by atoms with E-state index in [1.54, 1.807) is 37.5 Å². The van der Waals surface area contributed by atoms with Crippen molar-refractivity contribution < 1.29 is 14.3 Å². The van der Waals surface area contributed by atoms with Gasteiger partial charge < -0.3 is 19.7 Å². The maximum Gasteiger partial charge on any atom is 0.233 e. The van der Waals surface area contributed by atoms with Crippen LogP contribution in [0.3, 0.4) is 0 Å². The molecule has 0 unspecified atom stereocenters. The van der Waals surface area contributed by atoms with Gasteiger partial charge in [0, 0.05) is 46.4 Å². The summed E-state index contributed by atoms with van der Waals surface area (Å²) in [5.74, 6) is 1.11. The lowest BCUT2D eigenvalue weighted by atomic mass is 10.1. The predicted octanol–water partition coefficient (Wildman–Crippen LogP) is 3.43. The molecule has 1 saturated heterocycles. The van der Waals surface area contributed by atoms with Crippen molar-refractivity contribution in [1.29, 1.82) is 5.26 Å². The van der Waals surface area contributed by atoms with Gasteiger partial charge in [-0.1, -0.05) is 27.7 Å². The summed E-state index contributed by atoms with van der Waals surface area (Å²) in [5, 5.41) is 12.1. The summed E-state index contributed by atoms with van der Waals surface area (Å²) >= 11 is 0. The Labute approximate surface area is 187 Å². The Balaban J connectivity index is 0.00000212. The van der Waals surface area contributed by atoms with E-state index < -0.39 is 0 Å². The second kappa shape index (κ2) is 16.0. The van der Waals surface area contributed by atoms with Crippen molar-refractivity contribution >= 4 is 17.9 Å². The van der Waals surface area contributed by atoms with Crippen LogP contribution in [-0.4, -0.2) is 76.0 Å². The molecule has 1 aliphatic heterocycles. The van der Waals surface area contributed by atoms with Gasteiger partial charge in [-0.25, -0.2) is 4.99 Å². The lowest BCUT2D eigenvalue weighted by Gasteiger charge is -2.31. The van der Waals surface area contributed by atoms with Gasteiger partial charge in [0.05, 0.1) is 31.2 Å². The second-order valence-electron chi connectivity index (χ2n) is 6.61. The number of ether oxygens (including phenoxy) is 2. The maximum absolute atomic E-state index is 11.5. The Hall–Kier alpha value is -2.79. The highest BCUT2D eigenvalue weighted by Crippen LogP contribution is 2.36. The van der Waals surface area contributed by atoms with Crippen LogP contribution in [0, 0.1) is 11.3 Å². The smallest absolute Gasteiger partial charge is 0.233 e. The Morgan fingerprint density at radius 3 is 2.35 bits per heavy atom. The molecule has 0 radical (unpaired) electrons. The molecule has 0 aliphatic carbocycles. The van der Waals surface area contributed by atoms with E-state index in [-0.39, 0.29) is 12.0 Å². The van der Waals surface area contributed by atoms with Crippen LogP contribution >= 0.6 is 0 Å². The van der Waals surface area contributed by atoms with Crippen LogP contribution in [0.5, 0.6) is 11.5 Å². The van der Waals surface area contributed by atoms with E-state index in [2.05, 4.69) is 21.3 Å².